The SMILES string of the molecule is COC(=O)c1cnc2cc(C)cc(C)c2c1Br. The summed E-state index contributed by atoms with van der Waals surface area (Å²) in [6.45, 7) is 4.03. The van der Waals surface area contributed by atoms with Crippen LogP contribution in [0, 0.1) is 13.8 Å². The van der Waals surface area contributed by atoms with Gasteiger partial charge in [0.2, 0.25) is 0 Å². The number of nitrogens with zero attached hydrogens (tertiary/aromatic N) is 1. The smallest absolute Gasteiger partial charge is 0.340 e. The minimum atomic E-state index is -0.383. The molecule has 0 spiro atoms. The Morgan fingerprint density at radius 3 is 2.71 bits per heavy atom. The van der Waals surface area contributed by atoms with E-state index in [1.807, 2.05) is 19.9 Å². The molecule has 1 heterocycles. The molecule has 0 amide bonds. The van der Waals surface area contributed by atoms with Gasteiger partial charge in [0.05, 0.1) is 18.2 Å². The zero-order chi connectivity index (χ0) is 12.6. The maximum atomic E-state index is 11.6. The van der Waals surface area contributed by atoms with Crippen molar-refractivity contribution in [1.82, 2.24) is 4.98 Å². The van der Waals surface area contributed by atoms with Crippen molar-refractivity contribution in [2.45, 2.75) is 13.8 Å². The molecule has 0 unspecified atom stereocenters. The molecule has 0 aliphatic heterocycles. The highest BCUT2D eigenvalue weighted by molar-refractivity contribution is 9.10. The van der Waals surface area contributed by atoms with Gasteiger partial charge in [-0.2, -0.15) is 0 Å². The third-order valence-electron chi connectivity index (χ3n) is 2.65. The number of carbonyl (C=O) groups excluding carboxylic acids is 1. The van der Waals surface area contributed by atoms with E-state index in [9.17, 15) is 4.79 Å². The predicted octanol–water partition coefficient (Wildman–Crippen LogP) is 3.40. The van der Waals surface area contributed by atoms with Gasteiger partial charge in [-0.25, -0.2) is 4.79 Å². The van der Waals surface area contributed by atoms with E-state index in [1.54, 1.807) is 0 Å². The van der Waals surface area contributed by atoms with Gasteiger partial charge >= 0.3 is 5.97 Å². The number of fused-ring (bicyclic) bond motifs is 1. The van der Waals surface area contributed by atoms with E-state index in [0.29, 0.717) is 5.56 Å². The molecular weight excluding hydrogens is 282 g/mol. The number of aromatic nitrogens is 1. The monoisotopic (exact) mass is 293 g/mol. The van der Waals surface area contributed by atoms with E-state index < -0.39 is 0 Å². The molecule has 17 heavy (non-hydrogen) atoms. The number of methoxy groups -OCH3 is 1. The molecule has 0 aliphatic rings. The Labute approximate surface area is 108 Å². The van der Waals surface area contributed by atoms with Crippen LogP contribution in [-0.2, 0) is 4.74 Å². The molecule has 0 atom stereocenters. The summed E-state index contributed by atoms with van der Waals surface area (Å²) in [5.41, 5.74) is 3.57. The first-order valence-corrected chi connectivity index (χ1v) is 5.97. The molecule has 2 aromatic rings. The average molecular weight is 294 g/mol. The van der Waals surface area contributed by atoms with Crippen LogP contribution in [0.3, 0.4) is 0 Å². The summed E-state index contributed by atoms with van der Waals surface area (Å²) in [6.07, 6.45) is 1.54. The van der Waals surface area contributed by atoms with Gasteiger partial charge in [0, 0.05) is 16.1 Å². The van der Waals surface area contributed by atoms with Gasteiger partial charge in [-0.05, 0) is 47.0 Å². The number of pyridine rings is 1. The lowest BCUT2D eigenvalue weighted by atomic mass is 10.0. The van der Waals surface area contributed by atoms with Crippen molar-refractivity contribution in [3.05, 3.63) is 39.5 Å². The van der Waals surface area contributed by atoms with Crippen molar-refractivity contribution in [3.63, 3.8) is 0 Å². The maximum Gasteiger partial charge on any atom is 0.340 e. The Morgan fingerprint density at radius 2 is 2.06 bits per heavy atom. The number of esters is 1. The maximum absolute atomic E-state index is 11.6. The second-order valence-corrected chi connectivity index (χ2v) is 4.75. The van der Waals surface area contributed by atoms with Crippen LogP contribution in [0.15, 0.2) is 22.8 Å². The Bertz CT molecular complexity index is 608. The molecule has 2 rings (SSSR count). The Balaban J connectivity index is 2.80. The van der Waals surface area contributed by atoms with Crippen molar-refractivity contribution >= 4 is 32.8 Å². The fourth-order valence-corrected chi connectivity index (χ4v) is 2.69. The fraction of sp³-hybridized carbons (Fsp3) is 0.231. The first kappa shape index (κ1) is 12.0. The van der Waals surface area contributed by atoms with Crippen molar-refractivity contribution < 1.29 is 9.53 Å². The lowest BCUT2D eigenvalue weighted by Crippen LogP contribution is -2.04. The van der Waals surface area contributed by atoms with E-state index >= 15 is 0 Å². The molecule has 0 fully saturated rings. The lowest BCUT2D eigenvalue weighted by molar-refractivity contribution is 0.0599. The third kappa shape index (κ3) is 2.05. The number of hydrogen-bond donors (Lipinski definition) is 0. The van der Waals surface area contributed by atoms with Crippen molar-refractivity contribution in [2.75, 3.05) is 7.11 Å². The minimum Gasteiger partial charge on any atom is -0.465 e. The van der Waals surface area contributed by atoms with E-state index in [-0.39, 0.29) is 5.97 Å². The number of benzene rings is 1. The molecule has 1 aromatic carbocycles. The van der Waals surface area contributed by atoms with Gasteiger partial charge in [0.25, 0.3) is 0 Å². The second kappa shape index (κ2) is 4.45. The number of halogens is 1. The summed E-state index contributed by atoms with van der Waals surface area (Å²) >= 11 is 3.46. The van der Waals surface area contributed by atoms with Crippen molar-refractivity contribution in [3.8, 4) is 0 Å². The van der Waals surface area contributed by atoms with Gasteiger partial charge in [0.1, 0.15) is 0 Å². The minimum absolute atomic E-state index is 0.383. The molecule has 3 nitrogen and oxygen atoms in total. The van der Waals surface area contributed by atoms with Crippen LogP contribution in [0.4, 0.5) is 0 Å². The lowest BCUT2D eigenvalue weighted by Gasteiger charge is -2.09. The number of hydrogen-bond acceptors (Lipinski definition) is 3. The van der Waals surface area contributed by atoms with Crippen LogP contribution in [0.5, 0.6) is 0 Å². The summed E-state index contributed by atoms with van der Waals surface area (Å²) in [5, 5.41) is 0.957. The fourth-order valence-electron chi connectivity index (χ4n) is 1.91. The summed E-state index contributed by atoms with van der Waals surface area (Å²) < 4.78 is 5.46. The van der Waals surface area contributed by atoms with E-state index in [4.69, 9.17) is 4.74 Å². The Hall–Kier alpha value is -1.42. The highest BCUT2D eigenvalue weighted by atomic mass is 79.9. The van der Waals surface area contributed by atoms with Gasteiger partial charge in [-0.3, -0.25) is 4.98 Å². The van der Waals surface area contributed by atoms with Crippen molar-refractivity contribution in [1.29, 1.82) is 0 Å². The van der Waals surface area contributed by atoms with Crippen LogP contribution in [0.2, 0.25) is 0 Å². The molecule has 0 saturated heterocycles. The largest absolute Gasteiger partial charge is 0.465 e. The van der Waals surface area contributed by atoms with Gasteiger partial charge in [-0.1, -0.05) is 6.07 Å². The number of carbonyl (C=O) groups is 1. The standard InChI is InChI=1S/C13H12BrNO2/c1-7-4-8(2)11-10(5-7)15-6-9(12(11)14)13(16)17-3/h4-6H,1-3H3. The molecule has 0 saturated carbocycles. The van der Waals surface area contributed by atoms with E-state index in [0.717, 1.165) is 26.5 Å². The average Bonchev–Trinajstić information content (AvgIpc) is 2.27. The van der Waals surface area contributed by atoms with Crippen LogP contribution in [0.1, 0.15) is 21.5 Å². The van der Waals surface area contributed by atoms with Gasteiger partial charge in [0.15, 0.2) is 0 Å². The number of ether oxygens (including phenoxy) is 1. The predicted molar refractivity (Wildman–Crippen MR) is 70.3 cm³/mol. The number of rotatable bonds is 1. The topological polar surface area (TPSA) is 39.2 Å². The summed E-state index contributed by atoms with van der Waals surface area (Å²) in [6, 6.07) is 4.06. The highest BCUT2D eigenvalue weighted by Gasteiger charge is 2.15. The van der Waals surface area contributed by atoms with Gasteiger partial charge in [-0.15, -0.1) is 0 Å². The highest BCUT2D eigenvalue weighted by Crippen LogP contribution is 2.30. The zero-order valence-electron chi connectivity index (χ0n) is 9.87. The molecule has 0 radical (unpaired) electrons. The molecular formula is C13H12BrNO2. The zero-order valence-corrected chi connectivity index (χ0v) is 11.5. The van der Waals surface area contributed by atoms with Crippen LogP contribution >= 0.6 is 15.9 Å². The molecule has 0 aliphatic carbocycles. The second-order valence-electron chi connectivity index (χ2n) is 3.95. The normalized spacial score (nSPS) is 10.6. The summed E-state index contributed by atoms with van der Waals surface area (Å²) in [7, 11) is 1.36. The Kier molecular flexibility index (Phi) is 3.15. The van der Waals surface area contributed by atoms with Crippen LogP contribution in [-0.4, -0.2) is 18.1 Å². The molecule has 0 bridgehead atoms. The number of aryl methyl sites for hydroxylation is 2. The van der Waals surface area contributed by atoms with Crippen LogP contribution in [0.25, 0.3) is 10.9 Å². The van der Waals surface area contributed by atoms with Gasteiger partial charge < -0.3 is 4.74 Å². The summed E-state index contributed by atoms with van der Waals surface area (Å²) in [5.74, 6) is -0.383. The first-order valence-electron chi connectivity index (χ1n) is 5.18. The van der Waals surface area contributed by atoms with Crippen LogP contribution < -0.4 is 0 Å². The molecule has 88 valence electrons. The van der Waals surface area contributed by atoms with E-state index in [2.05, 4.69) is 27.0 Å². The summed E-state index contributed by atoms with van der Waals surface area (Å²) in [4.78, 5) is 15.9. The Morgan fingerprint density at radius 1 is 1.35 bits per heavy atom. The third-order valence-corrected chi connectivity index (χ3v) is 3.48. The molecule has 4 heteroatoms. The first-order chi connectivity index (χ1) is 8.04. The molecule has 0 N–H and O–H groups in total. The quantitative estimate of drug-likeness (QED) is 0.757. The molecule has 1 aromatic heterocycles. The van der Waals surface area contributed by atoms with E-state index in [1.165, 1.54) is 13.3 Å². The van der Waals surface area contributed by atoms with Crippen molar-refractivity contribution in [2.24, 2.45) is 0 Å².